The maximum absolute atomic E-state index is 12.0. The molecule has 5 heteroatoms. The van der Waals surface area contributed by atoms with Crippen LogP contribution in [0.15, 0.2) is 0 Å². The molecule has 0 aromatic carbocycles. The van der Waals surface area contributed by atoms with Crippen LogP contribution in [0.5, 0.6) is 0 Å². The molecule has 0 bridgehead atoms. The highest BCUT2D eigenvalue weighted by molar-refractivity contribution is 5.82. The lowest BCUT2D eigenvalue weighted by molar-refractivity contribution is -0.159. The molecule has 1 heterocycles. The number of likely N-dealkylation sites (tertiary alicyclic amines) is 1. The van der Waals surface area contributed by atoms with Crippen LogP contribution in [-0.2, 0) is 14.3 Å². The van der Waals surface area contributed by atoms with Gasteiger partial charge in [-0.15, -0.1) is 0 Å². The van der Waals surface area contributed by atoms with Crippen LogP contribution in [0.25, 0.3) is 0 Å². The normalized spacial score (nSPS) is 19.8. The van der Waals surface area contributed by atoms with Crippen molar-refractivity contribution in [3.8, 4) is 0 Å². The topological polar surface area (TPSA) is 55.8 Å². The molecule has 0 aromatic rings. The molecule has 1 atom stereocenters. The van der Waals surface area contributed by atoms with Gasteiger partial charge in [0.1, 0.15) is 11.6 Å². The highest BCUT2D eigenvalue weighted by Gasteiger charge is 2.37. The Morgan fingerprint density at radius 3 is 2.56 bits per heavy atom. The van der Waals surface area contributed by atoms with Crippen LogP contribution in [0, 0.1) is 0 Å². The first-order chi connectivity index (χ1) is 8.35. The first kappa shape index (κ1) is 14.8. The third-order valence-corrected chi connectivity index (χ3v) is 2.60. The van der Waals surface area contributed by atoms with Crippen LogP contribution in [-0.4, -0.2) is 41.8 Å². The van der Waals surface area contributed by atoms with Gasteiger partial charge in [0.05, 0.1) is 6.61 Å². The summed E-state index contributed by atoms with van der Waals surface area (Å²) in [7, 11) is 0. The lowest BCUT2D eigenvalue weighted by Gasteiger charge is -2.26. The van der Waals surface area contributed by atoms with E-state index in [4.69, 9.17) is 9.47 Å². The maximum Gasteiger partial charge on any atom is 0.410 e. The summed E-state index contributed by atoms with van der Waals surface area (Å²) in [6.45, 7) is 8.34. The summed E-state index contributed by atoms with van der Waals surface area (Å²) in [6, 6.07) is -0.492. The van der Waals surface area contributed by atoms with Gasteiger partial charge in [0.2, 0.25) is 0 Å². The number of hydrogen-bond donors (Lipinski definition) is 0. The highest BCUT2D eigenvalue weighted by atomic mass is 16.6. The minimum absolute atomic E-state index is 0.339. The van der Waals surface area contributed by atoms with Gasteiger partial charge in [0.15, 0.2) is 0 Å². The smallest absolute Gasteiger partial charge is 0.410 e. The molecule has 1 aliphatic rings. The fourth-order valence-electron chi connectivity index (χ4n) is 1.87. The van der Waals surface area contributed by atoms with Gasteiger partial charge in [-0.2, -0.15) is 0 Å². The number of hydrogen-bond acceptors (Lipinski definition) is 4. The van der Waals surface area contributed by atoms with Crippen molar-refractivity contribution in [2.24, 2.45) is 0 Å². The number of rotatable bonds is 3. The monoisotopic (exact) mass is 257 g/mol. The molecule has 1 saturated heterocycles. The number of amides is 1. The van der Waals surface area contributed by atoms with Crippen molar-refractivity contribution >= 4 is 12.1 Å². The Kier molecular flexibility index (Phi) is 4.99. The molecule has 0 saturated carbocycles. The Bertz CT molecular complexity index is 309. The van der Waals surface area contributed by atoms with Crippen molar-refractivity contribution < 1.29 is 19.1 Å². The van der Waals surface area contributed by atoms with E-state index < -0.39 is 17.7 Å². The second-order valence-corrected chi connectivity index (χ2v) is 5.50. The number of carbonyl (C=O) groups is 2. The molecule has 0 aromatic heterocycles. The molecular formula is C13H23NO4. The summed E-state index contributed by atoms with van der Waals surface area (Å²) in [5.41, 5.74) is -0.529. The van der Waals surface area contributed by atoms with E-state index in [1.165, 1.54) is 4.90 Å². The van der Waals surface area contributed by atoms with Gasteiger partial charge in [-0.05, 0) is 40.0 Å². The standard InChI is InChI=1S/C13H23NO4/c1-5-9-17-12(16)14-8-6-7-10(14)11(15)18-13(2,3)4/h10H,5-9H2,1-4H3/t10-/m1/s1. The molecule has 5 nitrogen and oxygen atoms in total. The van der Waals surface area contributed by atoms with E-state index >= 15 is 0 Å². The first-order valence-electron chi connectivity index (χ1n) is 6.51. The molecule has 1 rings (SSSR count). The van der Waals surface area contributed by atoms with Crippen molar-refractivity contribution in [2.45, 2.75) is 58.6 Å². The number of nitrogens with zero attached hydrogens (tertiary/aromatic N) is 1. The summed E-state index contributed by atoms with van der Waals surface area (Å²) in [5.74, 6) is -0.339. The van der Waals surface area contributed by atoms with Gasteiger partial charge in [0.25, 0.3) is 0 Å². The van der Waals surface area contributed by atoms with Gasteiger partial charge in [-0.1, -0.05) is 6.92 Å². The van der Waals surface area contributed by atoms with Gasteiger partial charge in [-0.3, -0.25) is 4.90 Å². The second-order valence-electron chi connectivity index (χ2n) is 5.50. The van der Waals surface area contributed by atoms with Crippen molar-refractivity contribution in [1.29, 1.82) is 0 Å². The van der Waals surface area contributed by atoms with E-state index in [2.05, 4.69) is 0 Å². The summed E-state index contributed by atoms with van der Waals surface area (Å²) < 4.78 is 10.4. The van der Waals surface area contributed by atoms with E-state index in [1.54, 1.807) is 0 Å². The Hall–Kier alpha value is -1.26. The largest absolute Gasteiger partial charge is 0.458 e. The third-order valence-electron chi connectivity index (χ3n) is 2.60. The molecule has 18 heavy (non-hydrogen) atoms. The Labute approximate surface area is 108 Å². The average Bonchev–Trinajstić information content (AvgIpc) is 2.72. The highest BCUT2D eigenvalue weighted by Crippen LogP contribution is 2.21. The molecular weight excluding hydrogens is 234 g/mol. The van der Waals surface area contributed by atoms with Crippen LogP contribution in [0.1, 0.15) is 47.0 Å². The fraction of sp³-hybridized carbons (Fsp3) is 0.846. The SMILES string of the molecule is CCCOC(=O)N1CCC[C@@H]1C(=O)OC(C)(C)C. The summed E-state index contributed by atoms with van der Waals surface area (Å²) in [6.07, 6.45) is 1.82. The average molecular weight is 257 g/mol. The Balaban J connectivity index is 2.59. The van der Waals surface area contributed by atoms with E-state index in [0.717, 1.165) is 12.8 Å². The second kappa shape index (κ2) is 6.07. The van der Waals surface area contributed by atoms with E-state index in [9.17, 15) is 9.59 Å². The third kappa shape index (κ3) is 4.20. The van der Waals surface area contributed by atoms with Crippen LogP contribution >= 0.6 is 0 Å². The molecule has 1 amide bonds. The quantitative estimate of drug-likeness (QED) is 0.728. The Morgan fingerprint density at radius 2 is 2.00 bits per heavy atom. The zero-order valence-corrected chi connectivity index (χ0v) is 11.7. The van der Waals surface area contributed by atoms with Crippen molar-refractivity contribution in [3.05, 3.63) is 0 Å². The van der Waals surface area contributed by atoms with Crippen molar-refractivity contribution in [2.75, 3.05) is 13.2 Å². The van der Waals surface area contributed by atoms with Gasteiger partial charge >= 0.3 is 12.1 Å². The van der Waals surface area contributed by atoms with Crippen LogP contribution < -0.4 is 0 Å². The first-order valence-corrected chi connectivity index (χ1v) is 6.51. The minimum atomic E-state index is -0.529. The number of carbonyl (C=O) groups excluding carboxylic acids is 2. The summed E-state index contributed by atoms with van der Waals surface area (Å²) in [4.78, 5) is 25.2. The van der Waals surface area contributed by atoms with Crippen molar-refractivity contribution in [3.63, 3.8) is 0 Å². The van der Waals surface area contributed by atoms with Crippen LogP contribution in [0.3, 0.4) is 0 Å². The van der Waals surface area contributed by atoms with E-state index in [0.29, 0.717) is 19.6 Å². The van der Waals surface area contributed by atoms with Gasteiger partial charge < -0.3 is 9.47 Å². The number of esters is 1. The minimum Gasteiger partial charge on any atom is -0.458 e. The molecule has 1 fully saturated rings. The summed E-state index contributed by atoms with van der Waals surface area (Å²) in [5, 5.41) is 0. The van der Waals surface area contributed by atoms with Gasteiger partial charge in [0, 0.05) is 6.54 Å². The Morgan fingerprint density at radius 1 is 1.33 bits per heavy atom. The van der Waals surface area contributed by atoms with Gasteiger partial charge in [-0.25, -0.2) is 9.59 Å². The fourth-order valence-corrected chi connectivity index (χ4v) is 1.87. The number of ether oxygens (including phenoxy) is 2. The molecule has 0 N–H and O–H groups in total. The lowest BCUT2D eigenvalue weighted by atomic mass is 10.1. The zero-order valence-electron chi connectivity index (χ0n) is 11.7. The lowest BCUT2D eigenvalue weighted by Crippen LogP contribution is -2.43. The maximum atomic E-state index is 12.0. The summed E-state index contributed by atoms with van der Waals surface area (Å²) >= 11 is 0. The van der Waals surface area contributed by atoms with Crippen LogP contribution in [0.4, 0.5) is 4.79 Å². The van der Waals surface area contributed by atoms with Crippen LogP contribution in [0.2, 0.25) is 0 Å². The predicted molar refractivity (Wildman–Crippen MR) is 67.2 cm³/mol. The molecule has 1 aliphatic heterocycles. The van der Waals surface area contributed by atoms with Crippen molar-refractivity contribution in [1.82, 2.24) is 4.90 Å². The molecule has 0 radical (unpaired) electrons. The molecule has 0 aliphatic carbocycles. The van der Waals surface area contributed by atoms with E-state index in [1.807, 2.05) is 27.7 Å². The molecule has 0 spiro atoms. The van der Waals surface area contributed by atoms with E-state index in [-0.39, 0.29) is 5.97 Å². The predicted octanol–water partition coefficient (Wildman–Crippen LogP) is 2.34. The molecule has 104 valence electrons. The zero-order chi connectivity index (χ0) is 13.8. The molecule has 0 unspecified atom stereocenters.